The molecule has 0 aliphatic rings. The Morgan fingerprint density at radius 3 is 2.71 bits per heavy atom. The molecule has 2 aromatic carbocycles. The smallest absolute Gasteiger partial charge is 0.252 e. The van der Waals surface area contributed by atoms with Crippen molar-refractivity contribution < 1.29 is 13.7 Å². The topological polar surface area (TPSA) is 68.0 Å². The number of benzene rings is 2. The van der Waals surface area contributed by atoms with Crippen LogP contribution in [0.3, 0.4) is 0 Å². The average Bonchev–Trinajstić information content (AvgIpc) is 3.04. The molecule has 1 heterocycles. The minimum absolute atomic E-state index is 0.195. The Kier molecular flexibility index (Phi) is 5.00. The van der Waals surface area contributed by atoms with Gasteiger partial charge in [0, 0.05) is 17.4 Å². The first-order valence-electron chi connectivity index (χ1n) is 7.25. The number of halogens is 2. The Balaban J connectivity index is 1.59. The van der Waals surface area contributed by atoms with Gasteiger partial charge in [-0.15, -0.1) is 0 Å². The zero-order chi connectivity index (χ0) is 16.9. The zero-order valence-electron chi connectivity index (χ0n) is 12.5. The van der Waals surface area contributed by atoms with E-state index in [0.29, 0.717) is 24.4 Å². The van der Waals surface area contributed by atoms with Gasteiger partial charge < -0.3 is 9.84 Å². The van der Waals surface area contributed by atoms with Crippen LogP contribution in [0, 0.1) is 5.82 Å². The Bertz CT molecular complexity index is 866. The number of rotatable bonds is 5. The lowest BCUT2D eigenvalue weighted by atomic mass is 10.2. The van der Waals surface area contributed by atoms with Crippen LogP contribution in [0.25, 0.3) is 11.4 Å². The molecule has 24 heavy (non-hydrogen) atoms. The fraction of sp³-hybridized carbons (Fsp3) is 0.118. The monoisotopic (exact) mass is 389 g/mol. The summed E-state index contributed by atoms with van der Waals surface area (Å²) in [5.41, 5.74) is 0.833. The molecule has 1 amide bonds. The third-order valence-corrected chi connectivity index (χ3v) is 4.02. The number of aromatic nitrogens is 2. The molecule has 7 heteroatoms. The van der Waals surface area contributed by atoms with Crippen LogP contribution < -0.4 is 5.32 Å². The molecule has 0 spiro atoms. The van der Waals surface area contributed by atoms with E-state index in [4.69, 9.17) is 4.52 Å². The van der Waals surface area contributed by atoms with E-state index in [1.165, 1.54) is 6.07 Å². The number of nitrogens with zero attached hydrogens (tertiary/aromatic N) is 2. The number of hydrogen-bond acceptors (Lipinski definition) is 4. The summed E-state index contributed by atoms with van der Waals surface area (Å²) >= 11 is 3.33. The molecule has 3 rings (SSSR count). The molecule has 0 bridgehead atoms. The normalized spacial score (nSPS) is 10.6. The highest BCUT2D eigenvalue weighted by atomic mass is 79.9. The van der Waals surface area contributed by atoms with Gasteiger partial charge in [-0.2, -0.15) is 4.98 Å². The summed E-state index contributed by atoms with van der Waals surface area (Å²) in [6, 6.07) is 13.4. The number of amides is 1. The van der Waals surface area contributed by atoms with E-state index >= 15 is 0 Å². The quantitative estimate of drug-likeness (QED) is 0.723. The van der Waals surface area contributed by atoms with E-state index in [0.717, 1.165) is 4.47 Å². The summed E-state index contributed by atoms with van der Waals surface area (Å²) in [6.07, 6.45) is 0.359. The van der Waals surface area contributed by atoms with Gasteiger partial charge >= 0.3 is 0 Å². The van der Waals surface area contributed by atoms with Crippen molar-refractivity contribution in [2.45, 2.75) is 6.42 Å². The predicted molar refractivity (Wildman–Crippen MR) is 89.9 cm³/mol. The van der Waals surface area contributed by atoms with Crippen LogP contribution in [0.1, 0.15) is 16.2 Å². The van der Waals surface area contributed by atoms with Crippen LogP contribution in [-0.2, 0) is 6.42 Å². The Morgan fingerprint density at radius 2 is 1.92 bits per heavy atom. The van der Waals surface area contributed by atoms with Gasteiger partial charge in [0.25, 0.3) is 5.91 Å². The SMILES string of the molecule is O=C(NCCc1nc(-c2ccccc2F)no1)c1ccccc1Br. The molecule has 5 nitrogen and oxygen atoms in total. The first-order valence-corrected chi connectivity index (χ1v) is 8.04. The summed E-state index contributed by atoms with van der Waals surface area (Å²) in [6.45, 7) is 0.332. The molecule has 0 saturated carbocycles. The third-order valence-electron chi connectivity index (χ3n) is 3.33. The number of carbonyl (C=O) groups excluding carboxylic acids is 1. The molecule has 0 saturated heterocycles. The molecular formula is C17H13BrFN3O2. The van der Waals surface area contributed by atoms with Crippen LogP contribution >= 0.6 is 15.9 Å². The standard InChI is InChI=1S/C17H13BrFN3O2/c18-13-7-3-1-5-11(13)17(23)20-10-9-15-21-16(22-24-15)12-6-2-4-8-14(12)19/h1-8H,9-10H2,(H,20,23). The average molecular weight is 390 g/mol. The molecule has 0 aliphatic heterocycles. The second kappa shape index (κ2) is 7.35. The van der Waals surface area contributed by atoms with Crippen molar-refractivity contribution in [2.75, 3.05) is 6.54 Å². The van der Waals surface area contributed by atoms with Gasteiger partial charge in [-0.3, -0.25) is 4.79 Å². The maximum Gasteiger partial charge on any atom is 0.252 e. The molecule has 1 N–H and O–H groups in total. The van der Waals surface area contributed by atoms with Crippen molar-refractivity contribution >= 4 is 21.8 Å². The summed E-state index contributed by atoms with van der Waals surface area (Å²) in [5.74, 6) is -0.0793. The fourth-order valence-corrected chi connectivity index (χ4v) is 2.60. The third kappa shape index (κ3) is 3.68. The van der Waals surface area contributed by atoms with Crippen LogP contribution in [0.5, 0.6) is 0 Å². The van der Waals surface area contributed by atoms with Crippen LogP contribution in [0.4, 0.5) is 4.39 Å². The fourth-order valence-electron chi connectivity index (χ4n) is 2.13. The highest BCUT2D eigenvalue weighted by Gasteiger charge is 2.13. The second-order valence-corrected chi connectivity index (χ2v) is 5.83. The summed E-state index contributed by atoms with van der Waals surface area (Å²) in [4.78, 5) is 16.2. The molecule has 122 valence electrons. The van der Waals surface area contributed by atoms with Gasteiger partial charge in [-0.05, 0) is 40.2 Å². The maximum atomic E-state index is 13.7. The predicted octanol–water partition coefficient (Wildman–Crippen LogP) is 3.61. The minimum atomic E-state index is -0.410. The molecule has 0 aliphatic carbocycles. The zero-order valence-corrected chi connectivity index (χ0v) is 14.1. The molecule has 0 radical (unpaired) electrons. The Morgan fingerprint density at radius 1 is 1.17 bits per heavy atom. The molecule has 0 unspecified atom stereocenters. The van der Waals surface area contributed by atoms with Gasteiger partial charge in [-0.1, -0.05) is 29.4 Å². The number of hydrogen-bond donors (Lipinski definition) is 1. The van der Waals surface area contributed by atoms with Crippen molar-refractivity contribution in [1.29, 1.82) is 0 Å². The van der Waals surface area contributed by atoms with E-state index in [1.807, 2.05) is 6.07 Å². The van der Waals surface area contributed by atoms with Crippen molar-refractivity contribution in [3.8, 4) is 11.4 Å². The number of carbonyl (C=O) groups is 1. The lowest BCUT2D eigenvalue weighted by Crippen LogP contribution is -2.26. The first kappa shape index (κ1) is 16.3. The highest BCUT2D eigenvalue weighted by molar-refractivity contribution is 9.10. The molecule has 3 aromatic rings. The van der Waals surface area contributed by atoms with Crippen molar-refractivity contribution in [3.63, 3.8) is 0 Å². The van der Waals surface area contributed by atoms with Crippen LogP contribution in [0.2, 0.25) is 0 Å². The summed E-state index contributed by atoms with van der Waals surface area (Å²) in [5, 5.41) is 6.55. The minimum Gasteiger partial charge on any atom is -0.351 e. The van der Waals surface area contributed by atoms with E-state index in [9.17, 15) is 9.18 Å². The highest BCUT2D eigenvalue weighted by Crippen LogP contribution is 2.19. The van der Waals surface area contributed by atoms with Gasteiger partial charge in [0.1, 0.15) is 5.82 Å². The van der Waals surface area contributed by atoms with Gasteiger partial charge in [0.2, 0.25) is 11.7 Å². The van der Waals surface area contributed by atoms with Crippen LogP contribution in [0.15, 0.2) is 57.5 Å². The molecular weight excluding hydrogens is 377 g/mol. The van der Waals surface area contributed by atoms with Gasteiger partial charge in [-0.25, -0.2) is 4.39 Å². The van der Waals surface area contributed by atoms with Crippen molar-refractivity contribution in [1.82, 2.24) is 15.5 Å². The first-order chi connectivity index (χ1) is 11.6. The van der Waals surface area contributed by atoms with Gasteiger partial charge in [0.05, 0.1) is 11.1 Å². The summed E-state index contributed by atoms with van der Waals surface area (Å²) in [7, 11) is 0. The number of nitrogens with one attached hydrogen (secondary N) is 1. The maximum absolute atomic E-state index is 13.7. The van der Waals surface area contributed by atoms with Crippen molar-refractivity contribution in [2.24, 2.45) is 0 Å². The van der Waals surface area contributed by atoms with E-state index in [-0.39, 0.29) is 17.3 Å². The van der Waals surface area contributed by atoms with E-state index in [2.05, 4.69) is 31.4 Å². The second-order valence-electron chi connectivity index (χ2n) is 4.98. The Labute approximate surface area is 146 Å². The molecule has 0 atom stereocenters. The van der Waals surface area contributed by atoms with E-state index in [1.54, 1.807) is 36.4 Å². The van der Waals surface area contributed by atoms with Crippen LogP contribution in [-0.4, -0.2) is 22.6 Å². The van der Waals surface area contributed by atoms with E-state index < -0.39 is 5.82 Å². The lowest BCUT2D eigenvalue weighted by Gasteiger charge is -2.05. The van der Waals surface area contributed by atoms with Gasteiger partial charge in [0.15, 0.2) is 0 Å². The van der Waals surface area contributed by atoms with Crippen molar-refractivity contribution in [3.05, 3.63) is 70.3 Å². The molecule has 1 aromatic heterocycles. The Hall–Kier alpha value is -2.54. The lowest BCUT2D eigenvalue weighted by molar-refractivity contribution is 0.0952. The largest absolute Gasteiger partial charge is 0.351 e. The molecule has 0 fully saturated rings. The summed E-state index contributed by atoms with van der Waals surface area (Å²) < 4.78 is 19.5.